The van der Waals surface area contributed by atoms with Crippen LogP contribution in [0.2, 0.25) is 0 Å². The fourth-order valence-corrected chi connectivity index (χ4v) is 2.70. The van der Waals surface area contributed by atoms with Crippen LogP contribution in [0.3, 0.4) is 0 Å². The maximum absolute atomic E-state index is 5.54. The lowest BCUT2D eigenvalue weighted by atomic mass is 9.80. The van der Waals surface area contributed by atoms with Gasteiger partial charge in [-0.2, -0.15) is 0 Å². The number of pyridine rings is 1. The highest BCUT2D eigenvalue weighted by Crippen LogP contribution is 2.29. The summed E-state index contributed by atoms with van der Waals surface area (Å²) in [6.45, 7) is 3.37. The second-order valence-corrected chi connectivity index (χ2v) is 5.64. The van der Waals surface area contributed by atoms with Gasteiger partial charge in [-0.25, -0.2) is 4.98 Å². The van der Waals surface area contributed by atoms with Crippen molar-refractivity contribution in [3.05, 3.63) is 23.9 Å². The SMILES string of the molecule is CC1CCCCC1CNc1ccc(C(N)=S)cn1. The molecule has 0 radical (unpaired) electrons. The molecular formula is C14H21N3S. The summed E-state index contributed by atoms with van der Waals surface area (Å²) >= 11 is 4.91. The molecule has 1 aromatic rings. The fraction of sp³-hybridized carbons (Fsp3) is 0.571. The average molecular weight is 263 g/mol. The number of hydrogen-bond acceptors (Lipinski definition) is 3. The van der Waals surface area contributed by atoms with E-state index in [9.17, 15) is 0 Å². The Balaban J connectivity index is 1.87. The highest BCUT2D eigenvalue weighted by molar-refractivity contribution is 7.80. The van der Waals surface area contributed by atoms with Gasteiger partial charge in [-0.3, -0.25) is 0 Å². The molecule has 3 nitrogen and oxygen atoms in total. The third kappa shape index (κ3) is 3.42. The summed E-state index contributed by atoms with van der Waals surface area (Å²) in [5.41, 5.74) is 6.36. The van der Waals surface area contributed by atoms with Crippen LogP contribution in [-0.2, 0) is 0 Å². The largest absolute Gasteiger partial charge is 0.389 e. The third-order valence-electron chi connectivity index (χ3n) is 3.88. The van der Waals surface area contributed by atoms with Crippen molar-refractivity contribution in [3.63, 3.8) is 0 Å². The molecule has 0 aliphatic heterocycles. The van der Waals surface area contributed by atoms with Crippen molar-refractivity contribution in [2.24, 2.45) is 17.6 Å². The third-order valence-corrected chi connectivity index (χ3v) is 4.12. The lowest BCUT2D eigenvalue weighted by Crippen LogP contribution is -2.24. The number of hydrogen-bond donors (Lipinski definition) is 2. The molecule has 4 heteroatoms. The van der Waals surface area contributed by atoms with Crippen LogP contribution in [0.4, 0.5) is 5.82 Å². The van der Waals surface area contributed by atoms with Crippen LogP contribution in [-0.4, -0.2) is 16.5 Å². The minimum Gasteiger partial charge on any atom is -0.389 e. The first-order valence-electron chi connectivity index (χ1n) is 6.66. The molecule has 0 spiro atoms. The monoisotopic (exact) mass is 263 g/mol. The Bertz CT molecular complexity index is 402. The van der Waals surface area contributed by atoms with Gasteiger partial charge < -0.3 is 11.1 Å². The molecule has 1 aliphatic carbocycles. The van der Waals surface area contributed by atoms with E-state index < -0.39 is 0 Å². The van der Waals surface area contributed by atoms with Gasteiger partial charge in [0.2, 0.25) is 0 Å². The summed E-state index contributed by atoms with van der Waals surface area (Å²) in [5, 5.41) is 3.42. The quantitative estimate of drug-likeness (QED) is 0.820. The maximum atomic E-state index is 5.54. The first-order chi connectivity index (χ1) is 8.66. The molecule has 1 fully saturated rings. The molecule has 3 N–H and O–H groups in total. The van der Waals surface area contributed by atoms with Crippen LogP contribution >= 0.6 is 12.2 Å². The zero-order valence-electron chi connectivity index (χ0n) is 10.9. The van der Waals surface area contributed by atoms with Crippen molar-refractivity contribution in [1.29, 1.82) is 0 Å². The minimum atomic E-state index is 0.398. The highest BCUT2D eigenvalue weighted by atomic mass is 32.1. The second-order valence-electron chi connectivity index (χ2n) is 5.20. The Hall–Kier alpha value is -1.16. The van der Waals surface area contributed by atoms with Crippen molar-refractivity contribution in [2.45, 2.75) is 32.6 Å². The smallest absolute Gasteiger partial charge is 0.125 e. The maximum Gasteiger partial charge on any atom is 0.125 e. The average Bonchev–Trinajstić information content (AvgIpc) is 2.38. The van der Waals surface area contributed by atoms with Crippen LogP contribution in [0.15, 0.2) is 18.3 Å². The van der Waals surface area contributed by atoms with Gasteiger partial charge in [0.1, 0.15) is 10.8 Å². The zero-order chi connectivity index (χ0) is 13.0. The summed E-state index contributed by atoms with van der Waals surface area (Å²) in [7, 11) is 0. The molecule has 0 aromatic carbocycles. The minimum absolute atomic E-state index is 0.398. The number of anilines is 1. The Morgan fingerprint density at radius 3 is 2.83 bits per heavy atom. The van der Waals surface area contributed by atoms with Crippen LogP contribution < -0.4 is 11.1 Å². The van der Waals surface area contributed by atoms with Crippen molar-refractivity contribution >= 4 is 23.0 Å². The molecule has 2 unspecified atom stereocenters. The molecule has 0 amide bonds. The molecule has 1 heterocycles. The number of aromatic nitrogens is 1. The van der Waals surface area contributed by atoms with Gasteiger partial charge in [0.05, 0.1) is 0 Å². The van der Waals surface area contributed by atoms with E-state index in [4.69, 9.17) is 18.0 Å². The highest BCUT2D eigenvalue weighted by Gasteiger charge is 2.20. The Morgan fingerprint density at radius 1 is 1.44 bits per heavy atom. The molecule has 2 atom stereocenters. The number of rotatable bonds is 4. The lowest BCUT2D eigenvalue weighted by Gasteiger charge is -2.28. The van der Waals surface area contributed by atoms with Gasteiger partial charge in [-0.15, -0.1) is 0 Å². The van der Waals surface area contributed by atoms with E-state index in [1.807, 2.05) is 12.1 Å². The van der Waals surface area contributed by atoms with E-state index >= 15 is 0 Å². The number of nitrogens with one attached hydrogen (secondary N) is 1. The van der Waals surface area contributed by atoms with Gasteiger partial charge in [-0.1, -0.05) is 38.4 Å². The van der Waals surface area contributed by atoms with E-state index in [1.54, 1.807) is 6.20 Å². The lowest BCUT2D eigenvalue weighted by molar-refractivity contribution is 0.268. The molecule has 2 rings (SSSR count). The first kappa shape index (κ1) is 13.3. The van der Waals surface area contributed by atoms with Gasteiger partial charge in [0, 0.05) is 18.3 Å². The summed E-state index contributed by atoms with van der Waals surface area (Å²) in [4.78, 5) is 4.73. The number of thiocarbonyl (C=S) groups is 1. The predicted octanol–water partition coefficient (Wildman–Crippen LogP) is 2.95. The number of nitrogens with zero attached hydrogens (tertiary/aromatic N) is 1. The molecule has 1 aliphatic rings. The normalized spacial score (nSPS) is 23.6. The van der Waals surface area contributed by atoms with E-state index in [0.717, 1.165) is 29.8 Å². The Kier molecular flexibility index (Phi) is 4.53. The van der Waals surface area contributed by atoms with Crippen LogP contribution in [0.25, 0.3) is 0 Å². The summed E-state index contributed by atoms with van der Waals surface area (Å²) in [6, 6.07) is 3.87. The zero-order valence-corrected chi connectivity index (χ0v) is 11.7. The van der Waals surface area contributed by atoms with Crippen molar-refractivity contribution in [3.8, 4) is 0 Å². The van der Waals surface area contributed by atoms with Gasteiger partial charge in [-0.05, 0) is 30.4 Å². The predicted molar refractivity (Wildman–Crippen MR) is 79.7 cm³/mol. The van der Waals surface area contributed by atoms with Gasteiger partial charge in [0.25, 0.3) is 0 Å². The van der Waals surface area contributed by atoms with Crippen molar-refractivity contribution in [1.82, 2.24) is 4.98 Å². The van der Waals surface area contributed by atoms with Crippen molar-refractivity contribution in [2.75, 3.05) is 11.9 Å². The van der Waals surface area contributed by atoms with Gasteiger partial charge in [0.15, 0.2) is 0 Å². The summed E-state index contributed by atoms with van der Waals surface area (Å²) in [5.74, 6) is 2.51. The molecule has 1 aromatic heterocycles. The van der Waals surface area contributed by atoms with E-state index in [0.29, 0.717) is 4.99 Å². The molecule has 18 heavy (non-hydrogen) atoms. The molecule has 1 saturated carbocycles. The molecule has 98 valence electrons. The topological polar surface area (TPSA) is 50.9 Å². The Morgan fingerprint density at radius 2 is 2.22 bits per heavy atom. The fourth-order valence-electron chi connectivity index (χ4n) is 2.58. The molecule has 0 bridgehead atoms. The summed E-state index contributed by atoms with van der Waals surface area (Å²) < 4.78 is 0. The van der Waals surface area contributed by atoms with E-state index in [1.165, 1.54) is 25.7 Å². The van der Waals surface area contributed by atoms with Crippen LogP contribution in [0.5, 0.6) is 0 Å². The molecular weight excluding hydrogens is 242 g/mol. The van der Waals surface area contributed by atoms with E-state index in [2.05, 4.69) is 17.2 Å². The van der Waals surface area contributed by atoms with Crippen LogP contribution in [0, 0.1) is 11.8 Å². The first-order valence-corrected chi connectivity index (χ1v) is 7.07. The van der Waals surface area contributed by atoms with Crippen molar-refractivity contribution < 1.29 is 0 Å². The standard InChI is InChI=1S/C14H21N3S/c1-10-4-2-3-5-11(10)8-16-13-7-6-12(9-17-13)14(15)18/h6-7,9-11H,2-5,8H2,1H3,(H2,15,18)(H,16,17). The molecule has 0 saturated heterocycles. The Labute approximate surface area is 114 Å². The van der Waals surface area contributed by atoms with Crippen LogP contribution in [0.1, 0.15) is 38.2 Å². The second kappa shape index (κ2) is 6.14. The summed E-state index contributed by atoms with van der Waals surface area (Å²) in [6.07, 6.45) is 7.18. The van der Waals surface area contributed by atoms with E-state index in [-0.39, 0.29) is 0 Å². The number of nitrogens with two attached hydrogens (primary N) is 1. The van der Waals surface area contributed by atoms with Gasteiger partial charge >= 0.3 is 0 Å².